The number of nitriles is 1. The molecule has 6 heteroatoms. The summed E-state index contributed by atoms with van der Waals surface area (Å²) in [4.78, 5) is 13.4. The summed E-state index contributed by atoms with van der Waals surface area (Å²) in [6.45, 7) is 1.82. The Morgan fingerprint density at radius 3 is 2.76 bits per heavy atom. The Morgan fingerprint density at radius 2 is 2.29 bits per heavy atom. The number of hydrogen-bond acceptors (Lipinski definition) is 5. The normalized spacial score (nSPS) is 11.4. The van der Waals surface area contributed by atoms with E-state index in [2.05, 4.69) is 15.5 Å². The molecule has 1 heterocycles. The van der Waals surface area contributed by atoms with Gasteiger partial charge in [0, 0.05) is 20.1 Å². The topological polar surface area (TPSA) is 81.9 Å². The van der Waals surface area contributed by atoms with Crippen LogP contribution in [0.5, 0.6) is 0 Å². The molecule has 1 aromatic heterocycles. The Balaban J connectivity index is 2.78. The van der Waals surface area contributed by atoms with Gasteiger partial charge in [-0.3, -0.25) is 4.79 Å². The minimum Gasteiger partial charge on any atom is -0.372 e. The van der Waals surface area contributed by atoms with Crippen LogP contribution in [-0.2, 0) is 0 Å². The van der Waals surface area contributed by atoms with E-state index in [0.29, 0.717) is 12.2 Å². The van der Waals surface area contributed by atoms with Crippen molar-refractivity contribution in [2.24, 2.45) is 0 Å². The van der Waals surface area contributed by atoms with E-state index in [1.54, 1.807) is 26.2 Å². The molecule has 90 valence electrons. The van der Waals surface area contributed by atoms with Crippen molar-refractivity contribution < 1.29 is 4.79 Å². The van der Waals surface area contributed by atoms with E-state index in [4.69, 9.17) is 5.26 Å². The van der Waals surface area contributed by atoms with E-state index >= 15 is 0 Å². The molecule has 1 atom stereocenters. The third-order valence-corrected chi connectivity index (χ3v) is 2.51. The highest BCUT2D eigenvalue weighted by molar-refractivity contribution is 5.92. The van der Waals surface area contributed by atoms with Crippen LogP contribution in [0, 0.1) is 11.3 Å². The van der Waals surface area contributed by atoms with Gasteiger partial charge in [-0.2, -0.15) is 5.26 Å². The predicted molar refractivity (Wildman–Crippen MR) is 63.4 cm³/mol. The van der Waals surface area contributed by atoms with Gasteiger partial charge < -0.3 is 10.2 Å². The monoisotopic (exact) mass is 233 g/mol. The van der Waals surface area contributed by atoms with E-state index in [-0.39, 0.29) is 17.6 Å². The summed E-state index contributed by atoms with van der Waals surface area (Å²) >= 11 is 0. The average Bonchev–Trinajstić information content (AvgIpc) is 2.37. The smallest absolute Gasteiger partial charge is 0.274 e. The van der Waals surface area contributed by atoms with Crippen molar-refractivity contribution >= 4 is 11.7 Å². The molecule has 0 fully saturated rings. The molecule has 0 aliphatic rings. The maximum absolute atomic E-state index is 12.0. The van der Waals surface area contributed by atoms with Crippen molar-refractivity contribution in [3.05, 3.63) is 17.8 Å². The first kappa shape index (κ1) is 12.9. The lowest BCUT2D eigenvalue weighted by Crippen LogP contribution is -2.35. The number of amides is 1. The lowest BCUT2D eigenvalue weighted by atomic mass is 10.2. The number of nitrogens with zero attached hydrogens (tertiary/aromatic N) is 4. The number of carbonyl (C=O) groups excluding carboxylic acids is 1. The lowest BCUT2D eigenvalue weighted by molar-refractivity contribution is 0.0739. The standard InChI is InChI=1S/C11H15N5O/c1-8(6-7-12)16(3)11(17)9-4-5-10(13-2)15-14-9/h4-5,8H,6H2,1-3H3,(H,13,15). The molecule has 1 unspecified atom stereocenters. The predicted octanol–water partition coefficient (Wildman–Crippen LogP) is 0.892. The number of carbonyl (C=O) groups is 1. The van der Waals surface area contributed by atoms with Crippen LogP contribution in [0.2, 0.25) is 0 Å². The Hall–Kier alpha value is -2.16. The molecule has 1 rings (SSSR count). The molecule has 0 spiro atoms. The number of anilines is 1. The second-order valence-corrected chi connectivity index (χ2v) is 3.68. The van der Waals surface area contributed by atoms with E-state index in [1.807, 2.05) is 13.0 Å². The van der Waals surface area contributed by atoms with Gasteiger partial charge in [0.15, 0.2) is 5.69 Å². The molecule has 17 heavy (non-hydrogen) atoms. The number of nitrogens with one attached hydrogen (secondary N) is 1. The van der Waals surface area contributed by atoms with Crippen molar-refractivity contribution in [1.82, 2.24) is 15.1 Å². The van der Waals surface area contributed by atoms with Crippen molar-refractivity contribution in [3.8, 4) is 6.07 Å². The van der Waals surface area contributed by atoms with Crippen LogP contribution in [0.3, 0.4) is 0 Å². The van der Waals surface area contributed by atoms with Gasteiger partial charge in [0.1, 0.15) is 5.82 Å². The van der Waals surface area contributed by atoms with Crippen LogP contribution in [0.15, 0.2) is 12.1 Å². The third kappa shape index (κ3) is 3.14. The van der Waals surface area contributed by atoms with Crippen LogP contribution in [0.4, 0.5) is 5.82 Å². The number of aromatic nitrogens is 2. The SMILES string of the molecule is CNc1ccc(C(=O)N(C)C(C)CC#N)nn1. The lowest BCUT2D eigenvalue weighted by Gasteiger charge is -2.22. The van der Waals surface area contributed by atoms with Crippen LogP contribution in [0.1, 0.15) is 23.8 Å². The van der Waals surface area contributed by atoms with Crippen molar-refractivity contribution in [1.29, 1.82) is 5.26 Å². The molecule has 1 N–H and O–H groups in total. The Kier molecular flexibility index (Phi) is 4.40. The highest BCUT2D eigenvalue weighted by Crippen LogP contribution is 2.07. The Bertz CT molecular complexity index is 422. The van der Waals surface area contributed by atoms with Gasteiger partial charge in [-0.25, -0.2) is 0 Å². The van der Waals surface area contributed by atoms with E-state index in [0.717, 1.165) is 0 Å². The quantitative estimate of drug-likeness (QED) is 0.835. The van der Waals surface area contributed by atoms with Crippen LogP contribution < -0.4 is 5.32 Å². The minimum absolute atomic E-state index is 0.140. The van der Waals surface area contributed by atoms with Crippen LogP contribution >= 0.6 is 0 Å². The van der Waals surface area contributed by atoms with Crippen molar-refractivity contribution in [3.63, 3.8) is 0 Å². The molecule has 0 saturated heterocycles. The molecule has 0 bridgehead atoms. The molecule has 0 aliphatic carbocycles. The number of hydrogen-bond donors (Lipinski definition) is 1. The fourth-order valence-electron chi connectivity index (χ4n) is 1.23. The van der Waals surface area contributed by atoms with Gasteiger partial charge in [0.2, 0.25) is 0 Å². The molecule has 1 amide bonds. The maximum Gasteiger partial charge on any atom is 0.274 e. The largest absolute Gasteiger partial charge is 0.372 e. The summed E-state index contributed by atoms with van der Waals surface area (Å²) in [7, 11) is 3.38. The molecule has 0 radical (unpaired) electrons. The first-order valence-electron chi connectivity index (χ1n) is 5.25. The zero-order chi connectivity index (χ0) is 12.8. The summed E-state index contributed by atoms with van der Waals surface area (Å²) in [5.41, 5.74) is 0.274. The van der Waals surface area contributed by atoms with E-state index < -0.39 is 0 Å². The summed E-state index contributed by atoms with van der Waals surface area (Å²) in [6.07, 6.45) is 0.296. The van der Waals surface area contributed by atoms with Crippen LogP contribution in [0.25, 0.3) is 0 Å². The molecular weight excluding hydrogens is 218 g/mol. The summed E-state index contributed by atoms with van der Waals surface area (Å²) in [5, 5.41) is 19.1. The van der Waals surface area contributed by atoms with Gasteiger partial charge in [0.25, 0.3) is 5.91 Å². The molecule has 0 aliphatic heterocycles. The second kappa shape index (κ2) is 5.80. The molecule has 0 saturated carbocycles. The van der Waals surface area contributed by atoms with Gasteiger partial charge in [-0.05, 0) is 19.1 Å². The summed E-state index contributed by atoms with van der Waals surface area (Å²) < 4.78 is 0. The first-order chi connectivity index (χ1) is 8.10. The molecule has 1 aromatic rings. The average molecular weight is 233 g/mol. The second-order valence-electron chi connectivity index (χ2n) is 3.68. The minimum atomic E-state index is -0.233. The highest BCUT2D eigenvalue weighted by atomic mass is 16.2. The van der Waals surface area contributed by atoms with Crippen molar-refractivity contribution in [2.75, 3.05) is 19.4 Å². The van der Waals surface area contributed by atoms with Crippen LogP contribution in [-0.4, -0.2) is 41.1 Å². The highest BCUT2D eigenvalue weighted by Gasteiger charge is 2.18. The van der Waals surface area contributed by atoms with Crippen molar-refractivity contribution in [2.45, 2.75) is 19.4 Å². The Labute approximate surface area is 100 Å². The zero-order valence-corrected chi connectivity index (χ0v) is 10.1. The fourth-order valence-corrected chi connectivity index (χ4v) is 1.23. The summed E-state index contributed by atoms with van der Waals surface area (Å²) in [5.74, 6) is 0.372. The molecule has 0 aromatic carbocycles. The van der Waals surface area contributed by atoms with Gasteiger partial charge in [0.05, 0.1) is 12.5 Å². The fraction of sp³-hybridized carbons (Fsp3) is 0.455. The van der Waals surface area contributed by atoms with Gasteiger partial charge in [-0.15, -0.1) is 10.2 Å². The molecule has 6 nitrogen and oxygen atoms in total. The van der Waals surface area contributed by atoms with E-state index in [1.165, 1.54) is 4.90 Å². The summed E-state index contributed by atoms with van der Waals surface area (Å²) in [6, 6.07) is 5.18. The van der Waals surface area contributed by atoms with Gasteiger partial charge >= 0.3 is 0 Å². The number of rotatable bonds is 4. The first-order valence-corrected chi connectivity index (χ1v) is 5.25. The third-order valence-electron chi connectivity index (χ3n) is 2.51. The molecular formula is C11H15N5O. The Morgan fingerprint density at radius 1 is 1.59 bits per heavy atom. The maximum atomic E-state index is 12.0. The zero-order valence-electron chi connectivity index (χ0n) is 10.1. The van der Waals surface area contributed by atoms with Gasteiger partial charge in [-0.1, -0.05) is 0 Å². The van der Waals surface area contributed by atoms with E-state index in [9.17, 15) is 4.79 Å².